The van der Waals surface area contributed by atoms with Gasteiger partial charge in [-0.3, -0.25) is 4.98 Å². The molecule has 0 radical (unpaired) electrons. The van der Waals surface area contributed by atoms with Crippen LogP contribution in [0.4, 0.5) is 0 Å². The van der Waals surface area contributed by atoms with Crippen molar-refractivity contribution in [3.63, 3.8) is 0 Å². The van der Waals surface area contributed by atoms with E-state index in [0.717, 1.165) is 27.6 Å². The highest BCUT2D eigenvalue weighted by Gasteiger charge is 2.19. The summed E-state index contributed by atoms with van der Waals surface area (Å²) in [5.41, 5.74) is 3.30. The van der Waals surface area contributed by atoms with Gasteiger partial charge in [0, 0.05) is 18.1 Å². The molecule has 2 aromatic carbocycles. The summed E-state index contributed by atoms with van der Waals surface area (Å²) in [7, 11) is -3.58. The molecule has 0 aliphatic carbocycles. The molecule has 0 unspecified atom stereocenters. The molecular formula is C20H22N2O3S. The van der Waals surface area contributed by atoms with E-state index in [0.29, 0.717) is 10.6 Å². The van der Waals surface area contributed by atoms with E-state index in [1.54, 1.807) is 6.20 Å². The molecule has 26 heavy (non-hydrogen) atoms. The summed E-state index contributed by atoms with van der Waals surface area (Å²) in [6, 6.07) is 13.3. The van der Waals surface area contributed by atoms with Crippen molar-refractivity contribution in [3.8, 4) is 5.75 Å². The van der Waals surface area contributed by atoms with Crippen LogP contribution in [0.25, 0.3) is 10.9 Å². The molecule has 0 bridgehead atoms. The molecule has 6 heteroatoms. The summed E-state index contributed by atoms with van der Waals surface area (Å²) >= 11 is 0. The second-order valence-electron chi connectivity index (χ2n) is 6.31. The SMILES string of the molecule is Cc1cc(C)c(S(=O)(=O)NCCOc2cccc3cccnc23)c(C)c1. The molecule has 0 atom stereocenters. The number of fused-ring (bicyclic) bond motifs is 1. The Kier molecular flexibility index (Phi) is 5.25. The van der Waals surface area contributed by atoms with Crippen molar-refractivity contribution >= 4 is 20.9 Å². The smallest absolute Gasteiger partial charge is 0.241 e. The number of hydrogen-bond donors (Lipinski definition) is 1. The molecule has 0 aliphatic heterocycles. The van der Waals surface area contributed by atoms with Gasteiger partial charge < -0.3 is 4.74 Å². The highest BCUT2D eigenvalue weighted by Crippen LogP contribution is 2.23. The summed E-state index contributed by atoms with van der Waals surface area (Å²) in [6.07, 6.45) is 1.71. The van der Waals surface area contributed by atoms with Gasteiger partial charge in [-0.05, 0) is 44.0 Å². The van der Waals surface area contributed by atoms with Crippen molar-refractivity contribution in [2.75, 3.05) is 13.2 Å². The average Bonchev–Trinajstić information content (AvgIpc) is 2.57. The predicted octanol–water partition coefficient (Wildman–Crippen LogP) is 3.52. The molecule has 1 N–H and O–H groups in total. The van der Waals surface area contributed by atoms with Gasteiger partial charge in [0.05, 0.1) is 4.90 Å². The summed E-state index contributed by atoms with van der Waals surface area (Å²) < 4.78 is 33.6. The minimum absolute atomic E-state index is 0.179. The Hall–Kier alpha value is -2.44. The molecule has 0 saturated carbocycles. The second kappa shape index (κ2) is 7.43. The van der Waals surface area contributed by atoms with Crippen LogP contribution in [-0.2, 0) is 10.0 Å². The van der Waals surface area contributed by atoms with Crippen LogP contribution >= 0.6 is 0 Å². The van der Waals surface area contributed by atoms with Crippen LogP contribution < -0.4 is 9.46 Å². The van der Waals surface area contributed by atoms with Gasteiger partial charge in [0.1, 0.15) is 17.9 Å². The Balaban J connectivity index is 1.68. The Morgan fingerprint density at radius 2 is 1.73 bits per heavy atom. The first-order valence-electron chi connectivity index (χ1n) is 8.42. The number of ether oxygens (including phenoxy) is 1. The number of rotatable bonds is 6. The van der Waals surface area contributed by atoms with E-state index in [1.165, 1.54) is 0 Å². The summed E-state index contributed by atoms with van der Waals surface area (Å²) in [6.45, 7) is 5.98. The van der Waals surface area contributed by atoms with Gasteiger partial charge >= 0.3 is 0 Å². The zero-order valence-corrected chi connectivity index (χ0v) is 15.9. The third-order valence-corrected chi connectivity index (χ3v) is 5.89. The second-order valence-corrected chi connectivity index (χ2v) is 8.01. The summed E-state index contributed by atoms with van der Waals surface area (Å²) in [5, 5.41) is 0.983. The maximum atomic E-state index is 12.6. The van der Waals surface area contributed by atoms with E-state index in [9.17, 15) is 8.42 Å². The van der Waals surface area contributed by atoms with Crippen molar-refractivity contribution in [2.24, 2.45) is 0 Å². The van der Waals surface area contributed by atoms with Crippen LogP contribution in [0.3, 0.4) is 0 Å². The van der Waals surface area contributed by atoms with E-state index in [4.69, 9.17) is 4.74 Å². The first kappa shape index (κ1) is 18.4. The third-order valence-electron chi connectivity index (χ3n) is 4.12. The van der Waals surface area contributed by atoms with Gasteiger partial charge in [0.25, 0.3) is 0 Å². The van der Waals surface area contributed by atoms with Crippen molar-refractivity contribution in [2.45, 2.75) is 25.7 Å². The van der Waals surface area contributed by atoms with E-state index in [1.807, 2.05) is 63.2 Å². The van der Waals surface area contributed by atoms with Gasteiger partial charge in [-0.1, -0.05) is 35.9 Å². The minimum atomic E-state index is -3.58. The fraction of sp³-hybridized carbons (Fsp3) is 0.250. The molecule has 0 spiro atoms. The molecule has 0 saturated heterocycles. The van der Waals surface area contributed by atoms with Crippen LogP contribution in [-0.4, -0.2) is 26.6 Å². The van der Waals surface area contributed by atoms with Crippen LogP contribution in [0.5, 0.6) is 5.75 Å². The molecule has 136 valence electrons. The number of benzene rings is 2. The Bertz CT molecular complexity index is 1020. The lowest BCUT2D eigenvalue weighted by atomic mass is 10.1. The van der Waals surface area contributed by atoms with Crippen LogP contribution in [0.15, 0.2) is 53.6 Å². The molecular weight excluding hydrogens is 348 g/mol. The minimum Gasteiger partial charge on any atom is -0.490 e. The van der Waals surface area contributed by atoms with Gasteiger partial charge in [0.15, 0.2) is 0 Å². The number of sulfonamides is 1. The number of nitrogens with one attached hydrogen (secondary N) is 1. The quantitative estimate of drug-likeness (QED) is 0.674. The maximum Gasteiger partial charge on any atom is 0.241 e. The van der Waals surface area contributed by atoms with Gasteiger partial charge in [-0.25, -0.2) is 13.1 Å². The van der Waals surface area contributed by atoms with E-state index in [-0.39, 0.29) is 13.2 Å². The van der Waals surface area contributed by atoms with Crippen molar-refractivity contribution < 1.29 is 13.2 Å². The lowest BCUT2D eigenvalue weighted by Gasteiger charge is -2.14. The van der Waals surface area contributed by atoms with Crippen molar-refractivity contribution in [1.82, 2.24) is 9.71 Å². The molecule has 0 amide bonds. The maximum absolute atomic E-state index is 12.6. The topological polar surface area (TPSA) is 68.3 Å². The Labute approximate surface area is 154 Å². The predicted molar refractivity (Wildman–Crippen MR) is 103 cm³/mol. The molecule has 0 fully saturated rings. The number of pyridine rings is 1. The van der Waals surface area contributed by atoms with Gasteiger partial charge in [-0.15, -0.1) is 0 Å². The third kappa shape index (κ3) is 3.86. The first-order valence-corrected chi connectivity index (χ1v) is 9.91. The van der Waals surface area contributed by atoms with E-state index in [2.05, 4.69) is 9.71 Å². The molecule has 0 aliphatic rings. The number of nitrogens with zero attached hydrogens (tertiary/aromatic N) is 1. The average molecular weight is 370 g/mol. The van der Waals surface area contributed by atoms with Crippen molar-refractivity contribution in [1.29, 1.82) is 0 Å². The van der Waals surface area contributed by atoms with E-state index < -0.39 is 10.0 Å². The molecule has 5 nitrogen and oxygen atoms in total. The lowest BCUT2D eigenvalue weighted by Crippen LogP contribution is -2.29. The van der Waals surface area contributed by atoms with Crippen LogP contribution in [0, 0.1) is 20.8 Å². The summed E-state index contributed by atoms with van der Waals surface area (Å²) in [5.74, 6) is 0.644. The normalized spacial score (nSPS) is 11.7. The van der Waals surface area contributed by atoms with Crippen LogP contribution in [0.2, 0.25) is 0 Å². The van der Waals surface area contributed by atoms with Crippen molar-refractivity contribution in [3.05, 3.63) is 65.4 Å². The van der Waals surface area contributed by atoms with Gasteiger partial charge in [-0.2, -0.15) is 0 Å². The molecule has 3 aromatic rings. The first-order chi connectivity index (χ1) is 12.4. The summed E-state index contributed by atoms with van der Waals surface area (Å²) in [4.78, 5) is 4.67. The Morgan fingerprint density at radius 3 is 2.46 bits per heavy atom. The highest BCUT2D eigenvalue weighted by molar-refractivity contribution is 7.89. The lowest BCUT2D eigenvalue weighted by molar-refractivity contribution is 0.326. The molecule has 1 aromatic heterocycles. The monoisotopic (exact) mass is 370 g/mol. The number of aromatic nitrogens is 1. The number of aryl methyl sites for hydroxylation is 3. The largest absolute Gasteiger partial charge is 0.490 e. The Morgan fingerprint density at radius 1 is 1.04 bits per heavy atom. The number of hydrogen-bond acceptors (Lipinski definition) is 4. The number of para-hydroxylation sites is 1. The standard InChI is InChI=1S/C20H22N2O3S/c1-14-12-15(2)20(16(3)13-14)26(23,24)22-10-11-25-18-8-4-6-17-7-5-9-21-19(17)18/h4-9,12-13,22H,10-11H2,1-3H3. The van der Waals surface area contributed by atoms with Gasteiger partial charge in [0.2, 0.25) is 10.0 Å². The van der Waals surface area contributed by atoms with E-state index >= 15 is 0 Å². The fourth-order valence-electron chi connectivity index (χ4n) is 3.19. The van der Waals surface area contributed by atoms with Crippen LogP contribution in [0.1, 0.15) is 16.7 Å². The zero-order chi connectivity index (χ0) is 18.7. The highest BCUT2D eigenvalue weighted by atomic mass is 32.2. The molecule has 1 heterocycles. The molecule has 3 rings (SSSR count). The fourth-order valence-corrected chi connectivity index (χ4v) is 4.65. The zero-order valence-electron chi connectivity index (χ0n) is 15.1.